The molecular formula is C12H11ClN4O2S. The van der Waals surface area contributed by atoms with Crippen LogP contribution in [0.3, 0.4) is 0 Å². The van der Waals surface area contributed by atoms with Crippen molar-refractivity contribution in [3.63, 3.8) is 0 Å². The number of nitrogens with zero attached hydrogens (tertiary/aromatic N) is 3. The third-order valence-electron chi connectivity index (χ3n) is 2.23. The van der Waals surface area contributed by atoms with Crippen molar-refractivity contribution in [3.05, 3.63) is 40.5 Å². The summed E-state index contributed by atoms with van der Waals surface area (Å²) in [5.74, 6) is -0.531. The van der Waals surface area contributed by atoms with E-state index in [0.29, 0.717) is 10.0 Å². The number of halogens is 1. The highest BCUT2D eigenvalue weighted by molar-refractivity contribution is 7.10. The summed E-state index contributed by atoms with van der Waals surface area (Å²) in [5, 5.41) is 8.73. The fourth-order valence-corrected chi connectivity index (χ4v) is 2.03. The molecule has 20 heavy (non-hydrogen) atoms. The van der Waals surface area contributed by atoms with Gasteiger partial charge in [0, 0.05) is 22.1 Å². The van der Waals surface area contributed by atoms with Crippen LogP contribution < -0.4 is 5.43 Å². The SMILES string of the molecule is CCOC(=O)c1nnsc1NN=Cc1ccccc1Cl. The molecule has 0 bridgehead atoms. The van der Waals surface area contributed by atoms with Gasteiger partial charge in [-0.1, -0.05) is 34.3 Å². The van der Waals surface area contributed by atoms with Crippen LogP contribution in [0.5, 0.6) is 0 Å². The third-order valence-corrected chi connectivity index (χ3v) is 3.21. The fraction of sp³-hybridized carbons (Fsp3) is 0.167. The molecule has 1 N–H and O–H groups in total. The molecule has 0 spiro atoms. The number of aromatic nitrogens is 2. The predicted molar refractivity (Wildman–Crippen MR) is 78.5 cm³/mol. The maximum absolute atomic E-state index is 11.6. The van der Waals surface area contributed by atoms with E-state index in [0.717, 1.165) is 17.1 Å². The number of hydrazone groups is 1. The smallest absolute Gasteiger partial charge is 0.362 e. The molecule has 0 fully saturated rings. The fourth-order valence-electron chi connectivity index (χ4n) is 1.34. The topological polar surface area (TPSA) is 76.5 Å². The summed E-state index contributed by atoms with van der Waals surface area (Å²) in [6, 6.07) is 7.27. The van der Waals surface area contributed by atoms with Crippen LogP contribution in [0.4, 0.5) is 5.00 Å². The van der Waals surface area contributed by atoms with Crippen molar-refractivity contribution >= 4 is 40.3 Å². The van der Waals surface area contributed by atoms with E-state index < -0.39 is 5.97 Å². The first-order chi connectivity index (χ1) is 9.72. The monoisotopic (exact) mass is 310 g/mol. The predicted octanol–water partition coefficient (Wildman–Crippen LogP) is 2.81. The largest absolute Gasteiger partial charge is 0.461 e. The molecule has 0 radical (unpaired) electrons. The number of ether oxygens (including phenoxy) is 1. The molecule has 0 atom stereocenters. The van der Waals surface area contributed by atoms with Crippen LogP contribution in [-0.2, 0) is 4.74 Å². The first kappa shape index (κ1) is 14.4. The molecule has 1 aromatic carbocycles. The zero-order chi connectivity index (χ0) is 14.4. The summed E-state index contributed by atoms with van der Waals surface area (Å²) in [7, 11) is 0. The van der Waals surface area contributed by atoms with Crippen LogP contribution in [0.1, 0.15) is 23.0 Å². The minimum absolute atomic E-state index is 0.119. The summed E-state index contributed by atoms with van der Waals surface area (Å²) >= 11 is 7.02. The summed E-state index contributed by atoms with van der Waals surface area (Å²) in [6.45, 7) is 2.00. The van der Waals surface area contributed by atoms with Gasteiger partial charge in [-0.15, -0.1) is 5.10 Å². The van der Waals surface area contributed by atoms with Crippen molar-refractivity contribution in [1.29, 1.82) is 0 Å². The molecule has 0 saturated heterocycles. The van der Waals surface area contributed by atoms with Crippen molar-refractivity contribution in [2.24, 2.45) is 5.10 Å². The van der Waals surface area contributed by atoms with Crippen molar-refractivity contribution in [1.82, 2.24) is 9.59 Å². The molecule has 1 heterocycles. The van der Waals surface area contributed by atoms with Gasteiger partial charge in [0.05, 0.1) is 12.8 Å². The van der Waals surface area contributed by atoms with Gasteiger partial charge in [-0.05, 0) is 13.0 Å². The zero-order valence-electron chi connectivity index (χ0n) is 10.5. The lowest BCUT2D eigenvalue weighted by molar-refractivity contribution is 0.0520. The average molecular weight is 311 g/mol. The molecule has 0 aliphatic rings. The second-order valence-corrected chi connectivity index (χ2v) is 4.72. The lowest BCUT2D eigenvalue weighted by Crippen LogP contribution is -2.07. The number of rotatable bonds is 5. The van der Waals surface area contributed by atoms with Crippen molar-refractivity contribution in [2.75, 3.05) is 12.0 Å². The van der Waals surface area contributed by atoms with Gasteiger partial charge in [-0.25, -0.2) is 4.79 Å². The Balaban J connectivity index is 2.07. The minimum atomic E-state index is -0.531. The molecule has 2 aromatic rings. The highest BCUT2D eigenvalue weighted by Crippen LogP contribution is 2.19. The Morgan fingerprint density at radius 3 is 3.10 bits per heavy atom. The summed E-state index contributed by atoms with van der Waals surface area (Å²) in [4.78, 5) is 11.6. The quantitative estimate of drug-likeness (QED) is 0.522. The number of esters is 1. The molecule has 104 valence electrons. The Morgan fingerprint density at radius 2 is 2.35 bits per heavy atom. The van der Waals surface area contributed by atoms with Gasteiger partial charge in [-0.2, -0.15) is 5.10 Å². The lowest BCUT2D eigenvalue weighted by atomic mass is 10.2. The Hall–Kier alpha value is -1.99. The normalized spacial score (nSPS) is 10.7. The van der Waals surface area contributed by atoms with Crippen molar-refractivity contribution in [3.8, 4) is 0 Å². The first-order valence-corrected chi connectivity index (χ1v) is 6.90. The molecule has 0 aliphatic heterocycles. The molecule has 1 aromatic heterocycles. The van der Waals surface area contributed by atoms with Gasteiger partial charge in [-0.3, -0.25) is 5.43 Å². The van der Waals surface area contributed by atoms with Gasteiger partial charge in [0.25, 0.3) is 0 Å². The van der Waals surface area contributed by atoms with E-state index in [2.05, 4.69) is 20.1 Å². The van der Waals surface area contributed by atoms with E-state index in [1.165, 1.54) is 0 Å². The van der Waals surface area contributed by atoms with Gasteiger partial charge in [0.15, 0.2) is 5.00 Å². The number of hydrogen-bond acceptors (Lipinski definition) is 7. The standard InChI is InChI=1S/C12H11ClN4O2S/c1-2-19-12(18)10-11(20-17-15-10)16-14-7-8-5-3-4-6-9(8)13/h3-7,16H,2H2,1H3. The Bertz CT molecular complexity index is 629. The zero-order valence-corrected chi connectivity index (χ0v) is 12.1. The first-order valence-electron chi connectivity index (χ1n) is 5.75. The van der Waals surface area contributed by atoms with Gasteiger partial charge < -0.3 is 4.74 Å². The maximum atomic E-state index is 11.6. The third kappa shape index (κ3) is 3.52. The highest BCUT2D eigenvalue weighted by atomic mass is 35.5. The molecule has 0 amide bonds. The molecule has 0 saturated carbocycles. The highest BCUT2D eigenvalue weighted by Gasteiger charge is 2.17. The second kappa shape index (κ2) is 6.97. The number of hydrogen-bond donors (Lipinski definition) is 1. The van der Waals surface area contributed by atoms with Gasteiger partial charge >= 0.3 is 5.97 Å². The van der Waals surface area contributed by atoms with E-state index in [1.807, 2.05) is 18.2 Å². The van der Waals surface area contributed by atoms with Crippen LogP contribution in [0.2, 0.25) is 5.02 Å². The molecule has 6 nitrogen and oxygen atoms in total. The molecule has 0 aliphatic carbocycles. The lowest BCUT2D eigenvalue weighted by Gasteiger charge is -2.00. The minimum Gasteiger partial charge on any atom is -0.461 e. The van der Waals surface area contributed by atoms with Crippen LogP contribution in [-0.4, -0.2) is 28.4 Å². The van der Waals surface area contributed by atoms with Crippen LogP contribution in [0.25, 0.3) is 0 Å². The van der Waals surface area contributed by atoms with Crippen LogP contribution in [0, 0.1) is 0 Å². The Labute approximate surface area is 124 Å². The number of nitrogens with one attached hydrogen (secondary N) is 1. The van der Waals surface area contributed by atoms with E-state index in [9.17, 15) is 4.79 Å². The van der Waals surface area contributed by atoms with Crippen LogP contribution in [0.15, 0.2) is 29.4 Å². The number of anilines is 1. The summed E-state index contributed by atoms with van der Waals surface area (Å²) in [5.41, 5.74) is 3.59. The van der Waals surface area contributed by atoms with Gasteiger partial charge in [0.2, 0.25) is 5.69 Å². The van der Waals surface area contributed by atoms with Gasteiger partial charge in [0.1, 0.15) is 0 Å². The van der Waals surface area contributed by atoms with E-state index in [4.69, 9.17) is 16.3 Å². The maximum Gasteiger partial charge on any atom is 0.362 e. The number of carbonyl (C=O) groups is 1. The van der Waals surface area contributed by atoms with E-state index in [-0.39, 0.29) is 12.3 Å². The van der Waals surface area contributed by atoms with Crippen LogP contribution >= 0.6 is 23.1 Å². The second-order valence-electron chi connectivity index (χ2n) is 3.56. The molecule has 0 unspecified atom stereocenters. The van der Waals surface area contributed by atoms with E-state index >= 15 is 0 Å². The molecule has 2 rings (SSSR count). The molecular weight excluding hydrogens is 300 g/mol. The van der Waals surface area contributed by atoms with Crippen molar-refractivity contribution < 1.29 is 9.53 Å². The van der Waals surface area contributed by atoms with Crippen molar-refractivity contribution in [2.45, 2.75) is 6.92 Å². The Morgan fingerprint density at radius 1 is 1.55 bits per heavy atom. The van der Waals surface area contributed by atoms with E-state index in [1.54, 1.807) is 19.2 Å². The number of benzene rings is 1. The average Bonchev–Trinajstić information content (AvgIpc) is 2.90. The molecule has 8 heteroatoms. The summed E-state index contributed by atoms with van der Waals surface area (Å²) in [6.07, 6.45) is 1.55. The Kier molecular flexibility index (Phi) is 5.03. The summed E-state index contributed by atoms with van der Waals surface area (Å²) < 4.78 is 8.56. The number of carbonyl (C=O) groups excluding carboxylic acids is 1.